The molecule has 0 fully saturated rings. The fraction of sp³-hybridized carbons (Fsp3) is 0.227. The number of carbonyl (C=O) groups is 1. The Morgan fingerprint density at radius 3 is 2.39 bits per heavy atom. The molecule has 0 amide bonds. The molecule has 0 radical (unpaired) electrons. The van der Waals surface area contributed by atoms with E-state index in [9.17, 15) is 15.0 Å². The summed E-state index contributed by atoms with van der Waals surface area (Å²) in [6, 6.07) is 7.96. The number of phenolic OH excluding ortho intramolecular Hbond substituents is 2. The van der Waals surface area contributed by atoms with E-state index in [-0.39, 0.29) is 22.8 Å². The molecule has 28 heavy (non-hydrogen) atoms. The molecule has 0 atom stereocenters. The minimum Gasteiger partial charge on any atom is -0.508 e. The van der Waals surface area contributed by atoms with Crippen molar-refractivity contribution in [3.8, 4) is 23.0 Å². The van der Waals surface area contributed by atoms with E-state index in [0.717, 1.165) is 5.56 Å². The van der Waals surface area contributed by atoms with Crippen LogP contribution < -0.4 is 9.47 Å². The highest BCUT2D eigenvalue weighted by molar-refractivity contribution is 6.11. The van der Waals surface area contributed by atoms with Gasteiger partial charge in [0.05, 0.1) is 14.2 Å². The molecule has 2 N–H and O–H groups in total. The number of ketones is 1. The molecule has 1 heterocycles. The summed E-state index contributed by atoms with van der Waals surface area (Å²) in [6.07, 6.45) is 4.66. The van der Waals surface area contributed by atoms with Gasteiger partial charge < -0.3 is 24.4 Å². The Labute approximate surface area is 163 Å². The van der Waals surface area contributed by atoms with Gasteiger partial charge in [-0.3, -0.25) is 4.79 Å². The fourth-order valence-corrected chi connectivity index (χ4v) is 3.04. The average Bonchev–Trinajstić information content (AvgIpc) is 2.65. The summed E-state index contributed by atoms with van der Waals surface area (Å²) in [5, 5.41) is 20.2. The molecule has 0 aliphatic carbocycles. The van der Waals surface area contributed by atoms with Crippen LogP contribution in [-0.2, 0) is 4.74 Å². The number of allylic oxidation sites excluding steroid dienone is 1. The Kier molecular flexibility index (Phi) is 5.05. The van der Waals surface area contributed by atoms with Gasteiger partial charge in [0.15, 0.2) is 5.78 Å². The maximum absolute atomic E-state index is 12.8. The average molecular weight is 382 g/mol. The van der Waals surface area contributed by atoms with Gasteiger partial charge in [0, 0.05) is 12.1 Å². The van der Waals surface area contributed by atoms with Crippen molar-refractivity contribution in [2.75, 3.05) is 14.2 Å². The highest BCUT2D eigenvalue weighted by atomic mass is 16.5. The first-order chi connectivity index (χ1) is 13.3. The zero-order chi connectivity index (χ0) is 20.5. The number of hydrogen-bond donors (Lipinski definition) is 2. The van der Waals surface area contributed by atoms with Crippen molar-refractivity contribution in [3.63, 3.8) is 0 Å². The third-order valence-electron chi connectivity index (χ3n) is 4.33. The molecule has 1 aliphatic heterocycles. The molecule has 0 aromatic heterocycles. The van der Waals surface area contributed by atoms with Crippen molar-refractivity contribution < 1.29 is 29.2 Å². The predicted octanol–water partition coefficient (Wildman–Crippen LogP) is 4.16. The molecule has 0 unspecified atom stereocenters. The van der Waals surface area contributed by atoms with E-state index < -0.39 is 11.4 Å². The summed E-state index contributed by atoms with van der Waals surface area (Å²) in [5.74, 6) is 0.425. The number of benzene rings is 2. The number of phenols is 2. The van der Waals surface area contributed by atoms with E-state index in [2.05, 4.69) is 0 Å². The topological polar surface area (TPSA) is 85.2 Å². The minimum absolute atomic E-state index is 0.0162. The van der Waals surface area contributed by atoms with Crippen molar-refractivity contribution in [3.05, 3.63) is 59.2 Å². The summed E-state index contributed by atoms with van der Waals surface area (Å²) < 4.78 is 16.6. The molecule has 1 aliphatic rings. The van der Waals surface area contributed by atoms with Crippen LogP contribution in [0.25, 0.3) is 11.8 Å². The molecule has 2 aromatic carbocycles. The normalized spacial score (nSPS) is 14.8. The Morgan fingerprint density at radius 1 is 1.11 bits per heavy atom. The van der Waals surface area contributed by atoms with Crippen molar-refractivity contribution >= 4 is 17.6 Å². The van der Waals surface area contributed by atoms with Crippen LogP contribution in [0.5, 0.6) is 23.0 Å². The number of fused-ring (bicyclic) bond motifs is 1. The van der Waals surface area contributed by atoms with Crippen molar-refractivity contribution in [1.82, 2.24) is 0 Å². The summed E-state index contributed by atoms with van der Waals surface area (Å²) in [6.45, 7) is 3.72. The van der Waals surface area contributed by atoms with Gasteiger partial charge >= 0.3 is 0 Å². The van der Waals surface area contributed by atoms with Crippen LogP contribution >= 0.6 is 0 Å². The summed E-state index contributed by atoms with van der Waals surface area (Å²) >= 11 is 0. The van der Waals surface area contributed by atoms with E-state index >= 15 is 0 Å². The molecule has 146 valence electrons. The highest BCUT2D eigenvalue weighted by Gasteiger charge is 2.33. The second-order valence-electron chi connectivity index (χ2n) is 6.88. The van der Waals surface area contributed by atoms with Crippen LogP contribution in [0.1, 0.15) is 35.3 Å². The maximum Gasteiger partial charge on any atom is 0.193 e. The lowest BCUT2D eigenvalue weighted by Gasteiger charge is -2.31. The maximum atomic E-state index is 12.8. The quantitative estimate of drug-likeness (QED) is 0.597. The monoisotopic (exact) mass is 382 g/mol. The molecule has 3 rings (SSSR count). The first kappa shape index (κ1) is 19.4. The summed E-state index contributed by atoms with van der Waals surface area (Å²) in [5.41, 5.74) is 0.414. The molecule has 6 heteroatoms. The van der Waals surface area contributed by atoms with Crippen LogP contribution in [0.15, 0.2) is 42.5 Å². The highest BCUT2D eigenvalue weighted by Crippen LogP contribution is 2.47. The summed E-state index contributed by atoms with van der Waals surface area (Å²) in [7, 11) is 2.91. The first-order valence-corrected chi connectivity index (χ1v) is 8.67. The van der Waals surface area contributed by atoms with E-state index in [0.29, 0.717) is 17.1 Å². The molecule has 0 spiro atoms. The molecule has 2 aromatic rings. The SMILES string of the molecule is COC1=CC(C)(C)Oc2cc(OC)c(C(=O)C=Cc3ccc(O)cc3)c(O)c21. The molecule has 0 bridgehead atoms. The van der Waals surface area contributed by atoms with Crippen LogP contribution in [0, 0.1) is 0 Å². The van der Waals surface area contributed by atoms with Crippen molar-refractivity contribution in [1.29, 1.82) is 0 Å². The second kappa shape index (κ2) is 7.31. The minimum atomic E-state index is -0.639. The largest absolute Gasteiger partial charge is 0.508 e. The number of aromatic hydroxyl groups is 2. The van der Waals surface area contributed by atoms with E-state index in [1.165, 1.54) is 32.4 Å². The van der Waals surface area contributed by atoms with Gasteiger partial charge in [-0.05, 0) is 37.6 Å². The second-order valence-corrected chi connectivity index (χ2v) is 6.88. The molecule has 0 saturated carbocycles. The van der Waals surface area contributed by atoms with Gasteiger partial charge in [-0.1, -0.05) is 18.2 Å². The molecule has 0 saturated heterocycles. The van der Waals surface area contributed by atoms with Gasteiger partial charge in [0.1, 0.15) is 45.5 Å². The number of hydrogen-bond acceptors (Lipinski definition) is 6. The van der Waals surface area contributed by atoms with Crippen LogP contribution in [0.4, 0.5) is 0 Å². The number of ether oxygens (including phenoxy) is 3. The number of methoxy groups -OCH3 is 2. The van der Waals surface area contributed by atoms with E-state index in [1.54, 1.807) is 30.4 Å². The lowest BCUT2D eigenvalue weighted by molar-refractivity contribution is 0.104. The molecular weight excluding hydrogens is 360 g/mol. The lowest BCUT2D eigenvalue weighted by atomic mass is 9.95. The van der Waals surface area contributed by atoms with Gasteiger partial charge in [0.2, 0.25) is 0 Å². The Hall–Kier alpha value is -3.41. The van der Waals surface area contributed by atoms with Gasteiger partial charge in [0.25, 0.3) is 0 Å². The summed E-state index contributed by atoms with van der Waals surface area (Å²) in [4.78, 5) is 12.8. The van der Waals surface area contributed by atoms with Crippen LogP contribution in [-0.4, -0.2) is 35.8 Å². The Morgan fingerprint density at radius 2 is 1.79 bits per heavy atom. The standard InChI is InChI=1S/C22H22O6/c1-22(2)12-18(27-4)20-17(28-22)11-16(26-3)19(21(20)25)15(24)10-7-13-5-8-14(23)9-6-13/h5-12,23,25H,1-4H3. The fourth-order valence-electron chi connectivity index (χ4n) is 3.04. The zero-order valence-electron chi connectivity index (χ0n) is 16.1. The Balaban J connectivity index is 2.06. The number of carbonyl (C=O) groups excluding carboxylic acids is 1. The third kappa shape index (κ3) is 3.67. The lowest BCUT2D eigenvalue weighted by Crippen LogP contribution is -2.29. The van der Waals surface area contributed by atoms with Gasteiger partial charge in [-0.25, -0.2) is 0 Å². The van der Waals surface area contributed by atoms with Crippen LogP contribution in [0.2, 0.25) is 0 Å². The third-order valence-corrected chi connectivity index (χ3v) is 4.33. The Bertz CT molecular complexity index is 968. The molecule has 6 nitrogen and oxygen atoms in total. The smallest absolute Gasteiger partial charge is 0.193 e. The predicted molar refractivity (Wildman–Crippen MR) is 106 cm³/mol. The van der Waals surface area contributed by atoms with Crippen LogP contribution in [0.3, 0.4) is 0 Å². The van der Waals surface area contributed by atoms with E-state index in [4.69, 9.17) is 14.2 Å². The van der Waals surface area contributed by atoms with Gasteiger partial charge in [-0.15, -0.1) is 0 Å². The molecular formula is C22H22O6. The van der Waals surface area contributed by atoms with Crippen molar-refractivity contribution in [2.24, 2.45) is 0 Å². The van der Waals surface area contributed by atoms with Gasteiger partial charge in [-0.2, -0.15) is 0 Å². The number of rotatable bonds is 5. The van der Waals surface area contributed by atoms with E-state index in [1.807, 2.05) is 13.8 Å². The zero-order valence-corrected chi connectivity index (χ0v) is 16.1. The van der Waals surface area contributed by atoms with Crippen molar-refractivity contribution in [2.45, 2.75) is 19.4 Å². The first-order valence-electron chi connectivity index (χ1n) is 8.67.